The lowest BCUT2D eigenvalue weighted by Gasteiger charge is -2.21. The lowest BCUT2D eigenvalue weighted by Crippen LogP contribution is -2.27. The van der Waals surface area contributed by atoms with Gasteiger partial charge in [-0.2, -0.15) is 5.10 Å². The third-order valence-corrected chi connectivity index (χ3v) is 6.58. The number of hydrazone groups is 1. The molecule has 3 heterocycles. The van der Waals surface area contributed by atoms with Crippen LogP contribution >= 0.6 is 11.6 Å². The predicted octanol–water partition coefficient (Wildman–Crippen LogP) is 5.18. The van der Waals surface area contributed by atoms with Crippen molar-refractivity contribution in [1.29, 1.82) is 0 Å². The van der Waals surface area contributed by atoms with E-state index < -0.39 is 12.0 Å². The van der Waals surface area contributed by atoms with Crippen LogP contribution in [0.3, 0.4) is 0 Å². The van der Waals surface area contributed by atoms with E-state index in [4.69, 9.17) is 16.7 Å². The third-order valence-electron chi connectivity index (χ3n) is 6.34. The summed E-state index contributed by atoms with van der Waals surface area (Å²) in [5.74, 6) is -1.28. The number of nitrogens with zero attached hydrogens (tertiary/aromatic N) is 3. The molecule has 1 aliphatic heterocycles. The first-order valence-corrected chi connectivity index (χ1v) is 12.2. The summed E-state index contributed by atoms with van der Waals surface area (Å²) in [6.07, 6.45) is 3.71. The normalized spacial score (nSPS) is 15.1. The van der Waals surface area contributed by atoms with E-state index in [2.05, 4.69) is 15.1 Å². The van der Waals surface area contributed by atoms with Crippen LogP contribution in [0.25, 0.3) is 22.0 Å². The first-order valence-electron chi connectivity index (χ1n) is 11.8. The Morgan fingerprint density at radius 3 is 2.59 bits per heavy atom. The molecule has 8 nitrogen and oxygen atoms in total. The number of aromatic amines is 1. The van der Waals surface area contributed by atoms with Crippen molar-refractivity contribution in [2.45, 2.75) is 31.7 Å². The van der Waals surface area contributed by atoms with Gasteiger partial charge in [-0.05, 0) is 41.8 Å². The highest BCUT2D eigenvalue weighted by Crippen LogP contribution is 2.37. The molecule has 0 bridgehead atoms. The van der Waals surface area contributed by atoms with Crippen LogP contribution in [-0.2, 0) is 9.59 Å². The molecule has 0 radical (unpaired) electrons. The van der Waals surface area contributed by atoms with Gasteiger partial charge in [0, 0.05) is 53.1 Å². The van der Waals surface area contributed by atoms with E-state index in [1.807, 2.05) is 42.5 Å². The fourth-order valence-corrected chi connectivity index (χ4v) is 4.85. The summed E-state index contributed by atoms with van der Waals surface area (Å²) in [6, 6.07) is 18.0. The van der Waals surface area contributed by atoms with E-state index >= 15 is 0 Å². The SMILES string of the molecule is O=C(O)CCCC(=O)N1N=C(c2c(-c3ccccc3)c3cc(Cl)ccc3[nH]c2=O)C[C@H]1c1cccnc1. The lowest BCUT2D eigenvalue weighted by atomic mass is 9.91. The molecule has 5 rings (SSSR count). The molecule has 1 aliphatic rings. The zero-order chi connectivity index (χ0) is 25.9. The minimum Gasteiger partial charge on any atom is -0.481 e. The van der Waals surface area contributed by atoms with E-state index in [1.165, 1.54) is 5.01 Å². The highest BCUT2D eigenvalue weighted by atomic mass is 35.5. The van der Waals surface area contributed by atoms with Crippen LogP contribution in [0.4, 0.5) is 0 Å². The highest BCUT2D eigenvalue weighted by molar-refractivity contribution is 6.31. The second kappa shape index (κ2) is 10.4. The molecule has 0 saturated heterocycles. The van der Waals surface area contributed by atoms with E-state index in [-0.39, 0.29) is 30.7 Å². The molecular weight excluding hydrogens is 492 g/mol. The second-order valence-corrected chi connectivity index (χ2v) is 9.24. The summed E-state index contributed by atoms with van der Waals surface area (Å²) >= 11 is 6.34. The summed E-state index contributed by atoms with van der Waals surface area (Å²) in [5, 5.41) is 16.3. The van der Waals surface area contributed by atoms with Gasteiger partial charge in [0.1, 0.15) is 0 Å². The first-order chi connectivity index (χ1) is 17.9. The molecule has 2 aromatic carbocycles. The second-order valence-electron chi connectivity index (χ2n) is 8.80. The van der Waals surface area contributed by atoms with Crippen molar-refractivity contribution in [3.63, 3.8) is 0 Å². The van der Waals surface area contributed by atoms with Crippen LogP contribution in [0.2, 0.25) is 5.02 Å². The number of pyridine rings is 2. The molecule has 0 spiro atoms. The Morgan fingerprint density at radius 1 is 1.05 bits per heavy atom. The number of amides is 1. The maximum Gasteiger partial charge on any atom is 0.303 e. The molecule has 0 fully saturated rings. The van der Waals surface area contributed by atoms with Gasteiger partial charge in [-0.15, -0.1) is 0 Å². The third kappa shape index (κ3) is 5.01. The zero-order valence-electron chi connectivity index (χ0n) is 19.7. The molecule has 2 aromatic heterocycles. The highest BCUT2D eigenvalue weighted by Gasteiger charge is 2.35. The average molecular weight is 515 g/mol. The van der Waals surface area contributed by atoms with Crippen molar-refractivity contribution in [3.8, 4) is 11.1 Å². The Balaban J connectivity index is 1.66. The number of carboxylic acids is 1. The molecule has 0 saturated carbocycles. The Morgan fingerprint density at radius 2 is 1.86 bits per heavy atom. The minimum absolute atomic E-state index is 0.0229. The zero-order valence-corrected chi connectivity index (χ0v) is 20.5. The van der Waals surface area contributed by atoms with Gasteiger partial charge in [0.15, 0.2) is 0 Å². The molecule has 1 amide bonds. The van der Waals surface area contributed by atoms with Gasteiger partial charge in [-0.1, -0.05) is 48.0 Å². The van der Waals surface area contributed by atoms with Gasteiger partial charge < -0.3 is 10.1 Å². The number of halogens is 1. The van der Waals surface area contributed by atoms with Crippen molar-refractivity contribution < 1.29 is 14.7 Å². The minimum atomic E-state index is -0.962. The molecule has 4 aromatic rings. The van der Waals surface area contributed by atoms with Gasteiger partial charge in [-0.3, -0.25) is 19.4 Å². The Kier molecular flexibility index (Phi) is 6.83. The van der Waals surface area contributed by atoms with Crippen LogP contribution < -0.4 is 5.56 Å². The number of nitrogens with one attached hydrogen (secondary N) is 1. The molecule has 0 aliphatic carbocycles. The predicted molar refractivity (Wildman–Crippen MR) is 141 cm³/mol. The van der Waals surface area contributed by atoms with Crippen LogP contribution in [0.15, 0.2) is 83.0 Å². The van der Waals surface area contributed by atoms with E-state index in [0.717, 1.165) is 16.5 Å². The number of hydrogen-bond acceptors (Lipinski definition) is 5. The van der Waals surface area contributed by atoms with Crippen molar-refractivity contribution in [1.82, 2.24) is 15.0 Å². The molecule has 186 valence electrons. The number of benzene rings is 2. The number of carbonyl (C=O) groups is 2. The van der Waals surface area contributed by atoms with Crippen molar-refractivity contribution in [2.75, 3.05) is 0 Å². The molecular formula is C28H23ClN4O4. The number of rotatable bonds is 7. The van der Waals surface area contributed by atoms with E-state index in [0.29, 0.717) is 33.8 Å². The number of fused-ring (bicyclic) bond motifs is 1. The molecule has 9 heteroatoms. The van der Waals surface area contributed by atoms with Crippen LogP contribution in [0.1, 0.15) is 42.9 Å². The number of carboxylic acid groups (broad SMARTS) is 1. The summed E-state index contributed by atoms with van der Waals surface area (Å²) in [7, 11) is 0. The number of aliphatic carboxylic acids is 1. The first kappa shape index (κ1) is 24.4. The summed E-state index contributed by atoms with van der Waals surface area (Å²) in [6.45, 7) is 0. The molecule has 0 unspecified atom stereocenters. The summed E-state index contributed by atoms with van der Waals surface area (Å²) < 4.78 is 0. The fraction of sp³-hybridized carbons (Fsp3) is 0.179. The van der Waals surface area contributed by atoms with Crippen LogP contribution in [0.5, 0.6) is 0 Å². The van der Waals surface area contributed by atoms with E-state index in [1.54, 1.807) is 30.6 Å². The maximum absolute atomic E-state index is 13.5. The smallest absolute Gasteiger partial charge is 0.303 e. The Bertz CT molecular complexity index is 1570. The number of carbonyl (C=O) groups excluding carboxylic acids is 1. The molecule has 1 atom stereocenters. The monoisotopic (exact) mass is 514 g/mol. The standard InChI is InChI=1S/C28H23ClN4O4/c29-19-11-12-21-20(14-19)26(17-6-2-1-3-7-17)27(28(37)31-21)22-15-23(18-8-5-13-30-16-18)33(32-22)24(34)9-4-10-25(35)36/h1-3,5-8,11-14,16,23H,4,9-10,15H2,(H,31,37)(H,35,36)/t23-/m0/s1. The maximum atomic E-state index is 13.5. The molecule has 37 heavy (non-hydrogen) atoms. The molecule has 2 N–H and O–H groups in total. The average Bonchev–Trinajstić information content (AvgIpc) is 3.34. The Hall–Kier alpha value is -4.30. The fourth-order valence-electron chi connectivity index (χ4n) is 4.67. The van der Waals surface area contributed by atoms with Gasteiger partial charge >= 0.3 is 5.97 Å². The van der Waals surface area contributed by atoms with Crippen molar-refractivity contribution in [2.24, 2.45) is 5.10 Å². The van der Waals surface area contributed by atoms with Crippen molar-refractivity contribution >= 4 is 40.1 Å². The number of hydrogen-bond donors (Lipinski definition) is 2. The number of H-pyrrole nitrogens is 1. The largest absolute Gasteiger partial charge is 0.481 e. The van der Waals surface area contributed by atoms with E-state index in [9.17, 15) is 14.4 Å². The summed E-state index contributed by atoms with van der Waals surface area (Å²) in [5.41, 5.74) is 3.43. The van der Waals surface area contributed by atoms with Crippen LogP contribution in [0, 0.1) is 0 Å². The van der Waals surface area contributed by atoms with Gasteiger partial charge in [0.05, 0.1) is 17.3 Å². The lowest BCUT2D eigenvalue weighted by molar-refractivity contribution is -0.137. The Labute approximate surface area is 217 Å². The summed E-state index contributed by atoms with van der Waals surface area (Å²) in [4.78, 5) is 44.8. The number of aromatic nitrogens is 2. The van der Waals surface area contributed by atoms with Gasteiger partial charge in [0.2, 0.25) is 5.91 Å². The quantitative estimate of drug-likeness (QED) is 0.352. The van der Waals surface area contributed by atoms with Crippen LogP contribution in [-0.4, -0.2) is 37.7 Å². The van der Waals surface area contributed by atoms with Gasteiger partial charge in [0.25, 0.3) is 5.56 Å². The topological polar surface area (TPSA) is 116 Å². The van der Waals surface area contributed by atoms with Gasteiger partial charge in [-0.25, -0.2) is 5.01 Å². The van der Waals surface area contributed by atoms with Crippen molar-refractivity contribution in [3.05, 3.63) is 99.6 Å².